The molecule has 0 aromatic carbocycles. The fraction of sp³-hybridized carbons (Fsp3) is 0.692. The quantitative estimate of drug-likeness (QED) is 0.582. The number of nitrogens with zero attached hydrogens (tertiary/aromatic N) is 4. The number of rotatable bonds is 6. The molecule has 1 saturated heterocycles. The van der Waals surface area contributed by atoms with Gasteiger partial charge in [0.1, 0.15) is 0 Å². The predicted octanol–water partition coefficient (Wildman–Crippen LogP) is 0.355. The third-order valence-electron chi connectivity index (χ3n) is 3.37. The first-order chi connectivity index (χ1) is 8.88. The topological polar surface area (TPSA) is 46.0 Å². The Morgan fingerprint density at radius 1 is 1.39 bits per heavy atom. The molecule has 5 nitrogen and oxygen atoms in total. The second-order valence-corrected chi connectivity index (χ2v) is 4.73. The molecule has 18 heavy (non-hydrogen) atoms. The van der Waals surface area contributed by atoms with Crippen molar-refractivity contribution in [1.82, 2.24) is 25.2 Å². The highest BCUT2D eigenvalue weighted by molar-refractivity contribution is 4.90. The van der Waals surface area contributed by atoms with Crippen LogP contribution >= 0.6 is 0 Å². The van der Waals surface area contributed by atoms with Gasteiger partial charge in [0, 0.05) is 31.9 Å². The van der Waals surface area contributed by atoms with Crippen molar-refractivity contribution in [3.05, 3.63) is 12.4 Å². The molecule has 98 valence electrons. The summed E-state index contributed by atoms with van der Waals surface area (Å²) in [5.74, 6) is 2.71. The van der Waals surface area contributed by atoms with Crippen LogP contribution in [0.1, 0.15) is 19.3 Å². The maximum absolute atomic E-state index is 5.32. The molecule has 1 fully saturated rings. The highest BCUT2D eigenvalue weighted by Crippen LogP contribution is 2.09. The van der Waals surface area contributed by atoms with Gasteiger partial charge < -0.3 is 5.32 Å². The number of likely N-dealkylation sites (tertiary alicyclic amines) is 1. The van der Waals surface area contributed by atoms with Crippen LogP contribution in [-0.4, -0.2) is 52.1 Å². The van der Waals surface area contributed by atoms with Crippen LogP contribution in [0.5, 0.6) is 0 Å². The van der Waals surface area contributed by atoms with Crippen molar-refractivity contribution in [3.63, 3.8) is 0 Å². The van der Waals surface area contributed by atoms with E-state index < -0.39 is 0 Å². The Kier molecular flexibility index (Phi) is 5.18. The maximum atomic E-state index is 5.32. The van der Waals surface area contributed by atoms with Gasteiger partial charge in [-0.15, -0.1) is 11.5 Å². The summed E-state index contributed by atoms with van der Waals surface area (Å²) in [6.45, 7) is 5.00. The number of aryl methyl sites for hydroxylation is 1. The molecule has 5 heteroatoms. The van der Waals surface area contributed by atoms with E-state index in [4.69, 9.17) is 6.42 Å². The molecule has 0 spiro atoms. The van der Waals surface area contributed by atoms with Gasteiger partial charge in [0.05, 0.1) is 12.7 Å². The molecule has 0 bridgehead atoms. The van der Waals surface area contributed by atoms with Gasteiger partial charge >= 0.3 is 0 Å². The average Bonchev–Trinajstić information content (AvgIpc) is 2.90. The van der Waals surface area contributed by atoms with E-state index in [1.807, 2.05) is 10.9 Å². The van der Waals surface area contributed by atoms with E-state index in [0.29, 0.717) is 6.04 Å². The molecule has 2 heterocycles. The molecule has 1 aromatic heterocycles. The SMILES string of the molecule is C#CCN1CCC(NCCCn2ccnn2)CC1. The van der Waals surface area contributed by atoms with Gasteiger partial charge in [0.25, 0.3) is 0 Å². The first-order valence-corrected chi connectivity index (χ1v) is 6.62. The van der Waals surface area contributed by atoms with Crippen LogP contribution < -0.4 is 5.32 Å². The lowest BCUT2D eigenvalue weighted by Gasteiger charge is -2.31. The summed E-state index contributed by atoms with van der Waals surface area (Å²) in [4.78, 5) is 2.34. The van der Waals surface area contributed by atoms with Crippen LogP contribution in [0, 0.1) is 12.3 Å². The normalized spacial score (nSPS) is 17.7. The van der Waals surface area contributed by atoms with Gasteiger partial charge in [-0.3, -0.25) is 9.58 Å². The molecule has 2 rings (SSSR count). The summed E-state index contributed by atoms with van der Waals surface area (Å²) in [6.07, 6.45) is 12.4. The monoisotopic (exact) mass is 247 g/mol. The van der Waals surface area contributed by atoms with Gasteiger partial charge in [0.2, 0.25) is 0 Å². The van der Waals surface area contributed by atoms with E-state index >= 15 is 0 Å². The summed E-state index contributed by atoms with van der Waals surface area (Å²) in [7, 11) is 0. The molecule has 0 radical (unpaired) electrons. The van der Waals surface area contributed by atoms with Crippen molar-refractivity contribution in [2.24, 2.45) is 0 Å². The van der Waals surface area contributed by atoms with Crippen LogP contribution in [0.2, 0.25) is 0 Å². The number of aromatic nitrogens is 3. The zero-order valence-electron chi connectivity index (χ0n) is 10.8. The van der Waals surface area contributed by atoms with Crippen molar-refractivity contribution in [3.8, 4) is 12.3 Å². The minimum atomic E-state index is 0.648. The van der Waals surface area contributed by atoms with Crippen molar-refractivity contribution >= 4 is 0 Å². The van der Waals surface area contributed by atoms with E-state index in [0.717, 1.165) is 39.1 Å². The summed E-state index contributed by atoms with van der Waals surface area (Å²) >= 11 is 0. The number of terminal acetylenes is 1. The zero-order chi connectivity index (χ0) is 12.6. The zero-order valence-corrected chi connectivity index (χ0v) is 10.8. The fourth-order valence-electron chi connectivity index (χ4n) is 2.32. The molecule has 0 amide bonds. The Hall–Kier alpha value is -1.38. The smallest absolute Gasteiger partial charge is 0.0692 e. The lowest BCUT2D eigenvalue weighted by atomic mass is 10.1. The first kappa shape index (κ1) is 13.1. The lowest BCUT2D eigenvalue weighted by molar-refractivity contribution is 0.217. The van der Waals surface area contributed by atoms with Crippen LogP contribution in [0.3, 0.4) is 0 Å². The maximum Gasteiger partial charge on any atom is 0.0692 e. The van der Waals surface area contributed by atoms with E-state index in [-0.39, 0.29) is 0 Å². The minimum Gasteiger partial charge on any atom is -0.314 e. The standard InChI is InChI=1S/C13H21N5/c1-2-8-17-10-4-13(5-11-17)14-6-3-9-18-12-7-15-16-18/h1,7,12-14H,3-6,8-11H2. The Morgan fingerprint density at radius 2 is 2.22 bits per heavy atom. The van der Waals surface area contributed by atoms with Crippen molar-refractivity contribution in [2.45, 2.75) is 31.8 Å². The van der Waals surface area contributed by atoms with Crippen LogP contribution in [0.4, 0.5) is 0 Å². The summed E-state index contributed by atoms with van der Waals surface area (Å²) in [5, 5.41) is 11.3. The molecule has 0 atom stereocenters. The Labute approximate surface area is 109 Å². The van der Waals surface area contributed by atoms with Gasteiger partial charge in [-0.05, 0) is 25.8 Å². The average molecular weight is 247 g/mol. The first-order valence-electron chi connectivity index (χ1n) is 6.62. The van der Waals surface area contributed by atoms with Gasteiger partial charge in [-0.25, -0.2) is 0 Å². The summed E-state index contributed by atoms with van der Waals surface area (Å²) in [5.41, 5.74) is 0. The fourth-order valence-corrected chi connectivity index (χ4v) is 2.32. The number of nitrogens with one attached hydrogen (secondary N) is 1. The molecule has 1 N–H and O–H groups in total. The number of piperidine rings is 1. The molecule has 0 aliphatic carbocycles. The van der Waals surface area contributed by atoms with E-state index in [2.05, 4.69) is 26.4 Å². The van der Waals surface area contributed by atoms with Gasteiger partial charge in [0.15, 0.2) is 0 Å². The molecule has 0 unspecified atom stereocenters. The second kappa shape index (κ2) is 7.14. The summed E-state index contributed by atoms with van der Waals surface area (Å²) in [6, 6.07) is 0.648. The Balaban J connectivity index is 1.54. The van der Waals surface area contributed by atoms with Crippen molar-refractivity contribution < 1.29 is 0 Å². The van der Waals surface area contributed by atoms with Crippen LogP contribution in [-0.2, 0) is 6.54 Å². The molecule has 1 aliphatic rings. The minimum absolute atomic E-state index is 0.648. The molecule has 1 aromatic rings. The molecule has 1 aliphatic heterocycles. The Bertz CT molecular complexity index is 359. The summed E-state index contributed by atoms with van der Waals surface area (Å²) < 4.78 is 1.87. The van der Waals surface area contributed by atoms with Crippen LogP contribution in [0.15, 0.2) is 12.4 Å². The van der Waals surface area contributed by atoms with Crippen molar-refractivity contribution in [1.29, 1.82) is 0 Å². The highest BCUT2D eigenvalue weighted by Gasteiger charge is 2.17. The van der Waals surface area contributed by atoms with Gasteiger partial charge in [-0.1, -0.05) is 11.1 Å². The molecule has 0 saturated carbocycles. The second-order valence-electron chi connectivity index (χ2n) is 4.73. The van der Waals surface area contributed by atoms with Crippen LogP contribution in [0.25, 0.3) is 0 Å². The number of hydrogen-bond donors (Lipinski definition) is 1. The predicted molar refractivity (Wildman–Crippen MR) is 70.9 cm³/mol. The van der Waals surface area contributed by atoms with E-state index in [9.17, 15) is 0 Å². The van der Waals surface area contributed by atoms with Gasteiger partial charge in [-0.2, -0.15) is 0 Å². The third kappa shape index (κ3) is 4.13. The molecular formula is C13H21N5. The lowest BCUT2D eigenvalue weighted by Crippen LogP contribution is -2.42. The largest absolute Gasteiger partial charge is 0.314 e. The van der Waals surface area contributed by atoms with Crippen molar-refractivity contribution in [2.75, 3.05) is 26.2 Å². The molecular weight excluding hydrogens is 226 g/mol. The third-order valence-corrected chi connectivity index (χ3v) is 3.37. The van der Waals surface area contributed by atoms with E-state index in [1.54, 1.807) is 6.20 Å². The highest BCUT2D eigenvalue weighted by atomic mass is 15.4. The van der Waals surface area contributed by atoms with E-state index in [1.165, 1.54) is 12.8 Å². The Morgan fingerprint density at radius 3 is 2.89 bits per heavy atom. The number of hydrogen-bond acceptors (Lipinski definition) is 4.